The van der Waals surface area contributed by atoms with Gasteiger partial charge in [0.1, 0.15) is 5.60 Å². The van der Waals surface area contributed by atoms with Crippen LogP contribution in [0.2, 0.25) is 0 Å². The number of hydrogen-bond acceptors (Lipinski definition) is 1. The number of hydrogen-bond donors (Lipinski definition) is 1. The highest BCUT2D eigenvalue weighted by molar-refractivity contribution is 6.29. The Kier molecular flexibility index (Phi) is 3.89. The van der Waals surface area contributed by atoms with Gasteiger partial charge in [0.05, 0.1) is 0 Å². The fourth-order valence-corrected chi connectivity index (χ4v) is 4.98. The van der Waals surface area contributed by atoms with Gasteiger partial charge < -0.3 is 5.11 Å². The summed E-state index contributed by atoms with van der Waals surface area (Å²) in [4.78, 5) is 0. The lowest BCUT2D eigenvalue weighted by atomic mass is 9.70. The SMILES string of the molecule is CCCC1=C2C(=C(c3ccccc3)C(C)(O)c3ccccc32)c2ccccc21. The second kappa shape index (κ2) is 6.32. The maximum Gasteiger partial charge on any atom is 0.114 e. The van der Waals surface area contributed by atoms with Crippen LogP contribution >= 0.6 is 0 Å². The molecule has 0 amide bonds. The van der Waals surface area contributed by atoms with E-state index in [1.165, 1.54) is 33.4 Å². The van der Waals surface area contributed by atoms with Gasteiger partial charge in [0.25, 0.3) is 0 Å². The summed E-state index contributed by atoms with van der Waals surface area (Å²) in [5, 5.41) is 11.8. The van der Waals surface area contributed by atoms with E-state index in [1.54, 1.807) is 0 Å². The molecule has 1 heteroatoms. The Morgan fingerprint density at radius 1 is 0.714 bits per heavy atom. The van der Waals surface area contributed by atoms with Crippen LogP contribution in [0.4, 0.5) is 0 Å². The molecule has 28 heavy (non-hydrogen) atoms. The lowest BCUT2D eigenvalue weighted by Gasteiger charge is -2.37. The predicted octanol–water partition coefficient (Wildman–Crippen LogP) is 6.54. The molecule has 1 N–H and O–H groups in total. The maximum absolute atomic E-state index is 11.8. The second-order valence-corrected chi connectivity index (χ2v) is 7.88. The number of fused-ring (bicyclic) bond motifs is 5. The second-order valence-electron chi connectivity index (χ2n) is 7.88. The van der Waals surface area contributed by atoms with Crippen molar-refractivity contribution < 1.29 is 5.11 Å². The fraction of sp³-hybridized carbons (Fsp3) is 0.185. The van der Waals surface area contributed by atoms with E-state index < -0.39 is 5.60 Å². The number of benzene rings is 3. The quantitative estimate of drug-likeness (QED) is 0.559. The zero-order chi connectivity index (χ0) is 19.3. The van der Waals surface area contributed by atoms with E-state index in [1.807, 2.05) is 19.1 Å². The Morgan fingerprint density at radius 2 is 1.32 bits per heavy atom. The van der Waals surface area contributed by atoms with Gasteiger partial charge in [0.15, 0.2) is 0 Å². The smallest absolute Gasteiger partial charge is 0.114 e. The van der Waals surface area contributed by atoms with Gasteiger partial charge in [-0.05, 0) is 57.9 Å². The summed E-state index contributed by atoms with van der Waals surface area (Å²) >= 11 is 0. The van der Waals surface area contributed by atoms with Crippen LogP contribution in [0.3, 0.4) is 0 Å². The van der Waals surface area contributed by atoms with Crippen molar-refractivity contribution in [3.63, 3.8) is 0 Å². The Bertz CT molecular complexity index is 1130. The van der Waals surface area contributed by atoms with E-state index >= 15 is 0 Å². The van der Waals surface area contributed by atoms with Crippen molar-refractivity contribution in [2.75, 3.05) is 0 Å². The zero-order valence-corrected chi connectivity index (χ0v) is 16.4. The molecule has 1 unspecified atom stereocenters. The lowest BCUT2D eigenvalue weighted by Crippen LogP contribution is -2.29. The first-order valence-corrected chi connectivity index (χ1v) is 10.1. The molecule has 2 aliphatic carbocycles. The van der Waals surface area contributed by atoms with Crippen LogP contribution in [0.5, 0.6) is 0 Å². The van der Waals surface area contributed by atoms with Gasteiger partial charge in [0, 0.05) is 5.57 Å². The van der Waals surface area contributed by atoms with Gasteiger partial charge in [0.2, 0.25) is 0 Å². The lowest BCUT2D eigenvalue weighted by molar-refractivity contribution is 0.122. The Labute approximate surface area is 166 Å². The third kappa shape index (κ3) is 2.30. The number of rotatable bonds is 3. The molecule has 0 heterocycles. The highest BCUT2D eigenvalue weighted by Gasteiger charge is 2.43. The largest absolute Gasteiger partial charge is 0.381 e. The molecule has 0 radical (unpaired) electrons. The van der Waals surface area contributed by atoms with Gasteiger partial charge in [-0.15, -0.1) is 0 Å². The fourth-order valence-electron chi connectivity index (χ4n) is 4.98. The molecule has 0 bridgehead atoms. The molecular weight excluding hydrogens is 340 g/mol. The minimum Gasteiger partial charge on any atom is -0.381 e. The molecule has 5 rings (SSSR count). The zero-order valence-electron chi connectivity index (χ0n) is 16.4. The molecule has 1 nitrogen and oxygen atoms in total. The van der Waals surface area contributed by atoms with Gasteiger partial charge in [-0.2, -0.15) is 0 Å². The molecule has 138 valence electrons. The molecule has 0 spiro atoms. The molecule has 2 aliphatic rings. The topological polar surface area (TPSA) is 20.2 Å². The van der Waals surface area contributed by atoms with Gasteiger partial charge >= 0.3 is 0 Å². The van der Waals surface area contributed by atoms with Gasteiger partial charge in [-0.1, -0.05) is 92.2 Å². The first-order chi connectivity index (χ1) is 13.6. The normalized spacial score (nSPS) is 20.1. The summed E-state index contributed by atoms with van der Waals surface area (Å²) in [5.74, 6) is 0. The number of allylic oxidation sites excluding steroid dienone is 3. The summed E-state index contributed by atoms with van der Waals surface area (Å²) in [5.41, 5.74) is 9.69. The average Bonchev–Trinajstić information content (AvgIpc) is 3.03. The minimum atomic E-state index is -1.05. The first-order valence-electron chi connectivity index (χ1n) is 10.1. The average molecular weight is 364 g/mol. The molecule has 0 aromatic heterocycles. The molecule has 3 aromatic rings. The third-order valence-electron chi connectivity index (χ3n) is 6.09. The standard InChI is InChI=1S/C27H24O/c1-3-11-20-19-14-7-8-15-21(19)25-24(20)22-16-9-10-17-23(22)27(2,28)26(25)18-12-5-4-6-13-18/h4-10,12-17,28H,3,11H2,1-2H3. The molecule has 1 atom stereocenters. The summed E-state index contributed by atoms with van der Waals surface area (Å²) < 4.78 is 0. The van der Waals surface area contributed by atoms with Crippen LogP contribution < -0.4 is 0 Å². The molecule has 3 aromatic carbocycles. The van der Waals surface area contributed by atoms with E-state index in [-0.39, 0.29) is 0 Å². The van der Waals surface area contributed by atoms with Crippen LogP contribution in [0.25, 0.3) is 22.3 Å². The summed E-state index contributed by atoms with van der Waals surface area (Å²) in [6, 6.07) is 27.4. The highest BCUT2D eigenvalue weighted by Crippen LogP contribution is 2.58. The van der Waals surface area contributed by atoms with Crippen LogP contribution in [-0.2, 0) is 5.60 Å². The van der Waals surface area contributed by atoms with E-state index in [2.05, 4.69) is 73.7 Å². The monoisotopic (exact) mass is 364 g/mol. The van der Waals surface area contributed by atoms with Crippen LogP contribution in [-0.4, -0.2) is 5.11 Å². The van der Waals surface area contributed by atoms with E-state index in [9.17, 15) is 5.11 Å². The van der Waals surface area contributed by atoms with Crippen molar-refractivity contribution in [1.29, 1.82) is 0 Å². The Morgan fingerprint density at radius 3 is 2.04 bits per heavy atom. The predicted molar refractivity (Wildman–Crippen MR) is 117 cm³/mol. The van der Waals surface area contributed by atoms with E-state index in [0.29, 0.717) is 0 Å². The molecule has 0 saturated heterocycles. The number of aliphatic hydroxyl groups is 1. The maximum atomic E-state index is 11.8. The van der Waals surface area contributed by atoms with Crippen molar-refractivity contribution in [3.8, 4) is 0 Å². The van der Waals surface area contributed by atoms with Gasteiger partial charge in [-0.25, -0.2) is 0 Å². The molecule has 0 fully saturated rings. The van der Waals surface area contributed by atoms with Crippen molar-refractivity contribution in [2.24, 2.45) is 0 Å². The summed E-state index contributed by atoms with van der Waals surface area (Å²) in [6.07, 6.45) is 2.13. The van der Waals surface area contributed by atoms with Crippen molar-refractivity contribution in [2.45, 2.75) is 32.3 Å². The Hall–Kier alpha value is -2.90. The highest BCUT2D eigenvalue weighted by atomic mass is 16.3. The molecular formula is C27H24O. The molecule has 0 saturated carbocycles. The van der Waals surface area contributed by atoms with Crippen molar-refractivity contribution >= 4 is 22.3 Å². The van der Waals surface area contributed by atoms with Crippen LogP contribution in [0, 0.1) is 0 Å². The molecule has 0 aliphatic heterocycles. The third-order valence-corrected chi connectivity index (χ3v) is 6.09. The van der Waals surface area contributed by atoms with E-state index in [4.69, 9.17) is 0 Å². The first kappa shape index (κ1) is 17.2. The van der Waals surface area contributed by atoms with Crippen LogP contribution in [0.15, 0.2) is 78.9 Å². The summed E-state index contributed by atoms with van der Waals surface area (Å²) in [6.45, 7) is 4.18. The van der Waals surface area contributed by atoms with Crippen molar-refractivity contribution in [1.82, 2.24) is 0 Å². The summed E-state index contributed by atoms with van der Waals surface area (Å²) in [7, 11) is 0. The van der Waals surface area contributed by atoms with E-state index in [0.717, 1.165) is 29.5 Å². The van der Waals surface area contributed by atoms with Gasteiger partial charge in [-0.3, -0.25) is 0 Å². The van der Waals surface area contributed by atoms with Crippen LogP contribution in [0.1, 0.15) is 54.5 Å². The Balaban J connectivity index is 1.97. The van der Waals surface area contributed by atoms with Crippen molar-refractivity contribution in [3.05, 3.63) is 107 Å². The minimum absolute atomic E-state index is 0.994.